The number of carbonyl (C=O) groups is 3. The van der Waals surface area contributed by atoms with Crippen LogP contribution in [0.1, 0.15) is 18.4 Å². The van der Waals surface area contributed by atoms with Gasteiger partial charge in [0.2, 0.25) is 11.8 Å². The number of halogens is 1. The molecule has 0 spiro atoms. The molecule has 2 rings (SSSR count). The maximum atomic E-state index is 12.4. The van der Waals surface area contributed by atoms with Crippen LogP contribution < -0.4 is 10.6 Å². The molecule has 1 saturated heterocycles. The van der Waals surface area contributed by atoms with E-state index in [1.165, 1.54) is 7.05 Å². The molecule has 1 aliphatic rings. The van der Waals surface area contributed by atoms with Crippen molar-refractivity contribution in [2.45, 2.75) is 25.0 Å². The molecule has 3 amide bonds. The highest BCUT2D eigenvalue weighted by Gasteiger charge is 2.43. The fourth-order valence-corrected chi connectivity index (χ4v) is 3.16. The van der Waals surface area contributed by atoms with Gasteiger partial charge in [-0.25, -0.2) is 4.79 Å². The minimum atomic E-state index is -1.08. The molecule has 1 aromatic rings. The van der Waals surface area contributed by atoms with Crippen molar-refractivity contribution in [3.8, 4) is 0 Å². The van der Waals surface area contributed by atoms with Crippen LogP contribution in [-0.4, -0.2) is 67.6 Å². The first-order chi connectivity index (χ1) is 13.5. The van der Waals surface area contributed by atoms with E-state index in [2.05, 4.69) is 10.6 Å². The van der Waals surface area contributed by atoms with Gasteiger partial charge >= 0.3 is 6.09 Å². The quantitative estimate of drug-likeness (QED) is 0.496. The Kier molecular flexibility index (Phi) is 8.53. The second-order valence-corrected chi connectivity index (χ2v) is 6.86. The summed E-state index contributed by atoms with van der Waals surface area (Å²) in [6, 6.07) is 9.40. The van der Waals surface area contributed by atoms with Gasteiger partial charge in [0.15, 0.2) is 0 Å². The van der Waals surface area contributed by atoms with Crippen LogP contribution in [0.3, 0.4) is 0 Å². The molecule has 1 heterocycles. The number of carbonyl (C=O) groups excluding carboxylic acids is 3. The van der Waals surface area contributed by atoms with Gasteiger partial charge in [-0.1, -0.05) is 30.3 Å². The number of rotatable bonds is 8. The van der Waals surface area contributed by atoms with E-state index in [0.29, 0.717) is 13.1 Å². The molecule has 0 aromatic heterocycles. The third-order valence-electron chi connectivity index (χ3n) is 4.58. The van der Waals surface area contributed by atoms with Gasteiger partial charge in [-0.2, -0.15) is 0 Å². The lowest BCUT2D eigenvalue weighted by molar-refractivity contribution is -0.137. The highest BCUT2D eigenvalue weighted by Crippen LogP contribution is 2.23. The lowest BCUT2D eigenvalue weighted by Crippen LogP contribution is -2.63. The third-order valence-corrected chi connectivity index (χ3v) is 4.73. The number of likely N-dealkylation sites (tertiary alicyclic amines) is 1. The summed E-state index contributed by atoms with van der Waals surface area (Å²) < 4.78 is 10.5. The Morgan fingerprint density at radius 3 is 2.46 bits per heavy atom. The van der Waals surface area contributed by atoms with Crippen molar-refractivity contribution in [3.05, 3.63) is 35.9 Å². The molecular formula is C19H26ClN3O5. The largest absolute Gasteiger partial charge is 0.445 e. The van der Waals surface area contributed by atoms with Gasteiger partial charge in [0.05, 0.1) is 6.61 Å². The van der Waals surface area contributed by atoms with Crippen molar-refractivity contribution >= 4 is 29.5 Å². The summed E-state index contributed by atoms with van der Waals surface area (Å²) in [7, 11) is 1.51. The minimum Gasteiger partial charge on any atom is -0.445 e. The average Bonchev–Trinajstić information content (AvgIpc) is 2.72. The Morgan fingerprint density at radius 2 is 1.86 bits per heavy atom. The number of nitrogens with zero attached hydrogens (tertiary/aromatic N) is 1. The molecular weight excluding hydrogens is 386 g/mol. The van der Waals surface area contributed by atoms with Crippen molar-refractivity contribution in [1.82, 2.24) is 15.5 Å². The summed E-state index contributed by atoms with van der Waals surface area (Å²) >= 11 is 5.52. The highest BCUT2D eigenvalue weighted by molar-refractivity contribution is 6.18. The van der Waals surface area contributed by atoms with Crippen LogP contribution in [0.15, 0.2) is 30.3 Å². The van der Waals surface area contributed by atoms with E-state index in [-0.39, 0.29) is 44.4 Å². The molecule has 154 valence electrons. The van der Waals surface area contributed by atoms with Crippen LogP contribution in [0.25, 0.3) is 0 Å². The summed E-state index contributed by atoms with van der Waals surface area (Å²) in [5.41, 5.74) is -0.177. The van der Waals surface area contributed by atoms with Gasteiger partial charge in [0, 0.05) is 26.0 Å². The summed E-state index contributed by atoms with van der Waals surface area (Å²) in [5, 5.41) is 5.35. The number of benzene rings is 1. The predicted molar refractivity (Wildman–Crippen MR) is 104 cm³/mol. The molecule has 2 N–H and O–H groups in total. The van der Waals surface area contributed by atoms with Crippen molar-refractivity contribution in [1.29, 1.82) is 0 Å². The van der Waals surface area contributed by atoms with Crippen LogP contribution in [0.5, 0.6) is 0 Å². The maximum absolute atomic E-state index is 12.4. The van der Waals surface area contributed by atoms with Gasteiger partial charge in [-0.05, 0) is 18.4 Å². The standard InChI is InChI=1S/C19H26ClN3O5/c1-21-17(25)19(22-16(24)14-27-12-9-20)7-10-23(11-8-19)18(26)28-13-15-5-3-2-4-6-15/h2-6H,7-14H2,1H3,(H,21,25)(H,22,24). The first-order valence-electron chi connectivity index (χ1n) is 9.13. The van der Waals surface area contributed by atoms with Crippen molar-refractivity contribution in [2.24, 2.45) is 0 Å². The van der Waals surface area contributed by atoms with Crippen LogP contribution >= 0.6 is 11.6 Å². The molecule has 28 heavy (non-hydrogen) atoms. The molecule has 0 atom stereocenters. The topological polar surface area (TPSA) is 97.0 Å². The molecule has 0 saturated carbocycles. The molecule has 0 radical (unpaired) electrons. The Morgan fingerprint density at radius 1 is 1.18 bits per heavy atom. The molecule has 0 aliphatic carbocycles. The zero-order valence-electron chi connectivity index (χ0n) is 15.9. The molecule has 9 heteroatoms. The van der Waals surface area contributed by atoms with E-state index in [4.69, 9.17) is 21.1 Å². The van der Waals surface area contributed by atoms with Gasteiger partial charge in [0.1, 0.15) is 18.8 Å². The molecule has 1 aliphatic heterocycles. The van der Waals surface area contributed by atoms with Gasteiger partial charge in [-0.3, -0.25) is 9.59 Å². The second kappa shape index (κ2) is 10.9. The fraction of sp³-hybridized carbons (Fsp3) is 0.526. The van der Waals surface area contributed by atoms with E-state index >= 15 is 0 Å². The minimum absolute atomic E-state index is 0.172. The monoisotopic (exact) mass is 411 g/mol. The molecule has 0 bridgehead atoms. The Balaban J connectivity index is 1.89. The Labute approximate surface area is 169 Å². The van der Waals surface area contributed by atoms with Crippen molar-refractivity contribution in [2.75, 3.05) is 39.2 Å². The average molecular weight is 412 g/mol. The zero-order valence-corrected chi connectivity index (χ0v) is 16.7. The number of likely N-dealkylation sites (N-methyl/N-ethyl adjacent to an activating group) is 1. The highest BCUT2D eigenvalue weighted by atomic mass is 35.5. The SMILES string of the molecule is CNC(=O)C1(NC(=O)COCCCl)CCN(C(=O)OCc2ccccc2)CC1. The predicted octanol–water partition coefficient (Wildman–Crippen LogP) is 1.28. The lowest BCUT2D eigenvalue weighted by Gasteiger charge is -2.40. The van der Waals surface area contributed by atoms with E-state index in [0.717, 1.165) is 5.56 Å². The number of hydrogen-bond donors (Lipinski definition) is 2. The summed E-state index contributed by atoms with van der Waals surface area (Å²) in [6.45, 7) is 0.858. The zero-order chi connectivity index (χ0) is 20.4. The first kappa shape index (κ1) is 22.0. The van der Waals surface area contributed by atoms with Gasteiger partial charge < -0.3 is 25.0 Å². The fourth-order valence-electron chi connectivity index (χ4n) is 3.05. The van der Waals surface area contributed by atoms with Crippen molar-refractivity contribution in [3.63, 3.8) is 0 Å². The van der Waals surface area contributed by atoms with Crippen LogP contribution in [-0.2, 0) is 25.7 Å². The number of nitrogens with one attached hydrogen (secondary N) is 2. The van der Waals surface area contributed by atoms with Crippen LogP contribution in [0.4, 0.5) is 4.79 Å². The first-order valence-corrected chi connectivity index (χ1v) is 9.67. The van der Waals surface area contributed by atoms with Crippen molar-refractivity contribution < 1.29 is 23.9 Å². The molecule has 8 nitrogen and oxygen atoms in total. The third kappa shape index (κ3) is 6.10. The molecule has 0 unspecified atom stereocenters. The number of hydrogen-bond acceptors (Lipinski definition) is 5. The van der Waals surface area contributed by atoms with E-state index < -0.39 is 17.5 Å². The van der Waals surface area contributed by atoms with Gasteiger partial charge in [-0.15, -0.1) is 11.6 Å². The number of alkyl halides is 1. The normalized spacial score (nSPS) is 15.6. The summed E-state index contributed by atoms with van der Waals surface area (Å²) in [5.74, 6) is -0.405. The smallest absolute Gasteiger partial charge is 0.410 e. The van der Waals surface area contributed by atoms with Gasteiger partial charge in [0.25, 0.3) is 0 Å². The number of piperidine rings is 1. The molecule has 1 fully saturated rings. The van der Waals surface area contributed by atoms with E-state index in [9.17, 15) is 14.4 Å². The van der Waals surface area contributed by atoms with Crippen LogP contribution in [0, 0.1) is 0 Å². The second-order valence-electron chi connectivity index (χ2n) is 6.48. The van der Waals surface area contributed by atoms with Crippen LogP contribution in [0.2, 0.25) is 0 Å². The van der Waals surface area contributed by atoms with E-state index in [1.54, 1.807) is 4.90 Å². The molecule has 1 aromatic carbocycles. The maximum Gasteiger partial charge on any atom is 0.410 e. The number of ether oxygens (including phenoxy) is 2. The number of amides is 3. The summed E-state index contributed by atoms with van der Waals surface area (Å²) in [6.07, 6.45) is 0.133. The Bertz CT molecular complexity index is 663. The van der Waals surface area contributed by atoms with E-state index in [1.807, 2.05) is 30.3 Å². The lowest BCUT2D eigenvalue weighted by atomic mass is 9.86. The summed E-state index contributed by atoms with van der Waals surface area (Å²) in [4.78, 5) is 38.4. The Hall–Kier alpha value is -2.32.